The van der Waals surface area contributed by atoms with E-state index in [4.69, 9.17) is 14.2 Å². The van der Waals surface area contributed by atoms with Gasteiger partial charge in [-0.25, -0.2) is 0 Å². The summed E-state index contributed by atoms with van der Waals surface area (Å²) in [7, 11) is 0. The third-order valence-corrected chi connectivity index (χ3v) is 4.64. The number of carbonyl (C=O) groups excluding carboxylic acids is 1. The number of benzene rings is 1. The fourth-order valence-corrected chi connectivity index (χ4v) is 3.58. The van der Waals surface area contributed by atoms with Crippen LogP contribution in [0.1, 0.15) is 12.5 Å². The molecule has 22 heavy (non-hydrogen) atoms. The molecule has 3 heterocycles. The summed E-state index contributed by atoms with van der Waals surface area (Å²) < 4.78 is 16.5. The van der Waals surface area contributed by atoms with Gasteiger partial charge in [-0.05, 0) is 24.6 Å². The van der Waals surface area contributed by atoms with Crippen molar-refractivity contribution in [3.63, 3.8) is 0 Å². The number of ether oxygens (including phenoxy) is 3. The Morgan fingerprint density at radius 2 is 2.09 bits per heavy atom. The molecule has 6 nitrogen and oxygen atoms in total. The first kappa shape index (κ1) is 13.8. The lowest BCUT2D eigenvalue weighted by Gasteiger charge is -2.35. The number of morpholine rings is 1. The van der Waals surface area contributed by atoms with Gasteiger partial charge in [-0.1, -0.05) is 6.07 Å². The van der Waals surface area contributed by atoms with Crippen LogP contribution in [0.25, 0.3) is 0 Å². The quantitative estimate of drug-likeness (QED) is 0.828. The molecular weight excluding hydrogens is 284 g/mol. The maximum absolute atomic E-state index is 11.9. The van der Waals surface area contributed by atoms with Crippen LogP contribution in [0, 0.1) is 0 Å². The van der Waals surface area contributed by atoms with E-state index in [0.717, 1.165) is 37.7 Å². The molecule has 0 unspecified atom stereocenters. The molecule has 2 fully saturated rings. The standard InChI is InChI=1S/C16H20N2O4/c1-2-18-12-7-17(8-15(12)20-9-16(18)19)6-11-3-4-13-14(5-11)22-10-21-13/h3-5,12,15H,2,6-10H2,1H3/t12-,15+/m0/s1. The number of hydrogen-bond donors (Lipinski definition) is 0. The lowest BCUT2D eigenvalue weighted by Crippen LogP contribution is -2.53. The maximum Gasteiger partial charge on any atom is 0.248 e. The Bertz CT molecular complexity index is 592. The maximum atomic E-state index is 11.9. The number of nitrogens with zero attached hydrogens (tertiary/aromatic N) is 2. The SMILES string of the molecule is CCN1C(=O)CO[C@@H]2CN(Cc3ccc4c(c3)OCO4)C[C@@H]21. The van der Waals surface area contributed by atoms with Crippen molar-refractivity contribution < 1.29 is 19.0 Å². The van der Waals surface area contributed by atoms with Gasteiger partial charge in [0.1, 0.15) is 6.61 Å². The second-order valence-corrected chi connectivity index (χ2v) is 5.98. The molecule has 0 saturated carbocycles. The number of rotatable bonds is 3. The summed E-state index contributed by atoms with van der Waals surface area (Å²) in [5.41, 5.74) is 1.19. The molecule has 1 aromatic rings. The molecule has 1 aromatic carbocycles. The van der Waals surface area contributed by atoms with Crippen LogP contribution in [-0.4, -0.2) is 60.9 Å². The monoisotopic (exact) mass is 304 g/mol. The molecule has 2 atom stereocenters. The van der Waals surface area contributed by atoms with E-state index < -0.39 is 0 Å². The van der Waals surface area contributed by atoms with Crippen LogP contribution < -0.4 is 9.47 Å². The number of likely N-dealkylation sites (N-methyl/N-ethyl adjacent to an activating group) is 1. The fraction of sp³-hybridized carbons (Fsp3) is 0.562. The van der Waals surface area contributed by atoms with Gasteiger partial charge in [0.15, 0.2) is 11.5 Å². The highest BCUT2D eigenvalue weighted by molar-refractivity contribution is 5.78. The number of amides is 1. The van der Waals surface area contributed by atoms with Crippen LogP contribution in [0.4, 0.5) is 0 Å². The zero-order chi connectivity index (χ0) is 15.1. The van der Waals surface area contributed by atoms with E-state index in [1.807, 2.05) is 24.0 Å². The van der Waals surface area contributed by atoms with Crippen molar-refractivity contribution in [3.8, 4) is 11.5 Å². The van der Waals surface area contributed by atoms with E-state index in [0.29, 0.717) is 6.79 Å². The first-order chi connectivity index (χ1) is 10.7. The van der Waals surface area contributed by atoms with Gasteiger partial charge in [-0.3, -0.25) is 9.69 Å². The number of fused-ring (bicyclic) bond motifs is 2. The number of hydrogen-bond acceptors (Lipinski definition) is 5. The van der Waals surface area contributed by atoms with E-state index in [-0.39, 0.29) is 24.7 Å². The Balaban J connectivity index is 1.45. The van der Waals surface area contributed by atoms with Crippen LogP contribution in [0.2, 0.25) is 0 Å². The Morgan fingerprint density at radius 3 is 2.95 bits per heavy atom. The lowest BCUT2D eigenvalue weighted by atomic mass is 10.1. The van der Waals surface area contributed by atoms with E-state index in [1.165, 1.54) is 5.56 Å². The lowest BCUT2D eigenvalue weighted by molar-refractivity contribution is -0.152. The smallest absolute Gasteiger partial charge is 0.248 e. The Labute approximate surface area is 129 Å². The van der Waals surface area contributed by atoms with Gasteiger partial charge in [-0.2, -0.15) is 0 Å². The zero-order valence-corrected chi connectivity index (χ0v) is 12.7. The highest BCUT2D eigenvalue weighted by Gasteiger charge is 2.42. The number of carbonyl (C=O) groups is 1. The zero-order valence-electron chi connectivity index (χ0n) is 12.7. The second-order valence-electron chi connectivity index (χ2n) is 5.98. The predicted molar refractivity (Wildman–Crippen MR) is 78.8 cm³/mol. The van der Waals surface area contributed by atoms with Crippen molar-refractivity contribution in [1.29, 1.82) is 0 Å². The molecule has 3 aliphatic heterocycles. The molecule has 3 aliphatic rings. The topological polar surface area (TPSA) is 51.2 Å². The molecule has 1 amide bonds. The molecule has 0 N–H and O–H groups in total. The third-order valence-electron chi connectivity index (χ3n) is 4.64. The van der Waals surface area contributed by atoms with Gasteiger partial charge in [0, 0.05) is 26.2 Å². The molecule has 0 spiro atoms. The third kappa shape index (κ3) is 2.32. The van der Waals surface area contributed by atoms with Crippen molar-refractivity contribution >= 4 is 5.91 Å². The van der Waals surface area contributed by atoms with Gasteiger partial charge in [0.05, 0.1) is 12.1 Å². The average molecular weight is 304 g/mol. The second kappa shape index (κ2) is 5.44. The summed E-state index contributed by atoms with van der Waals surface area (Å²) in [6.45, 7) is 5.85. The van der Waals surface area contributed by atoms with Crippen molar-refractivity contribution in [2.45, 2.75) is 25.6 Å². The Morgan fingerprint density at radius 1 is 1.23 bits per heavy atom. The van der Waals surface area contributed by atoms with Gasteiger partial charge in [0.25, 0.3) is 0 Å². The largest absolute Gasteiger partial charge is 0.454 e. The minimum atomic E-state index is 0.105. The van der Waals surface area contributed by atoms with Crippen LogP contribution in [-0.2, 0) is 16.1 Å². The summed E-state index contributed by atoms with van der Waals surface area (Å²) in [4.78, 5) is 16.2. The molecule has 0 radical (unpaired) electrons. The van der Waals surface area contributed by atoms with Crippen molar-refractivity contribution in [3.05, 3.63) is 23.8 Å². The molecule has 0 aromatic heterocycles. The van der Waals surface area contributed by atoms with Crippen LogP contribution in [0.5, 0.6) is 11.5 Å². The van der Waals surface area contributed by atoms with Crippen LogP contribution in [0.3, 0.4) is 0 Å². The van der Waals surface area contributed by atoms with Crippen molar-refractivity contribution in [2.24, 2.45) is 0 Å². The normalized spacial score (nSPS) is 27.3. The first-order valence-corrected chi connectivity index (χ1v) is 7.76. The van der Waals surface area contributed by atoms with Crippen LogP contribution in [0.15, 0.2) is 18.2 Å². The Kier molecular flexibility index (Phi) is 3.43. The van der Waals surface area contributed by atoms with Crippen molar-refractivity contribution in [1.82, 2.24) is 9.80 Å². The van der Waals surface area contributed by atoms with Crippen molar-refractivity contribution in [2.75, 3.05) is 33.0 Å². The molecular formula is C16H20N2O4. The summed E-state index contributed by atoms with van der Waals surface area (Å²) >= 11 is 0. The highest BCUT2D eigenvalue weighted by Crippen LogP contribution is 2.33. The van der Waals surface area contributed by atoms with E-state index in [1.54, 1.807) is 0 Å². The number of likely N-dealkylation sites (tertiary alicyclic amines) is 1. The molecule has 0 bridgehead atoms. The Hall–Kier alpha value is -1.79. The van der Waals surface area contributed by atoms with Gasteiger partial charge in [0.2, 0.25) is 12.7 Å². The highest BCUT2D eigenvalue weighted by atomic mass is 16.7. The minimum Gasteiger partial charge on any atom is -0.454 e. The minimum absolute atomic E-state index is 0.105. The first-order valence-electron chi connectivity index (χ1n) is 7.76. The summed E-state index contributed by atoms with van der Waals surface area (Å²) in [5.74, 6) is 1.73. The van der Waals surface area contributed by atoms with E-state index in [9.17, 15) is 4.79 Å². The van der Waals surface area contributed by atoms with Gasteiger partial charge < -0.3 is 19.1 Å². The predicted octanol–water partition coefficient (Wildman–Crippen LogP) is 0.847. The molecule has 118 valence electrons. The molecule has 2 saturated heterocycles. The molecule has 0 aliphatic carbocycles. The summed E-state index contributed by atoms with van der Waals surface area (Å²) in [6, 6.07) is 6.24. The van der Waals surface area contributed by atoms with E-state index >= 15 is 0 Å². The molecule has 4 rings (SSSR count). The summed E-state index contributed by atoms with van der Waals surface area (Å²) in [5, 5.41) is 0. The van der Waals surface area contributed by atoms with Gasteiger partial charge >= 0.3 is 0 Å². The van der Waals surface area contributed by atoms with Gasteiger partial charge in [-0.15, -0.1) is 0 Å². The molecule has 6 heteroatoms. The average Bonchev–Trinajstić information content (AvgIpc) is 3.13. The fourth-order valence-electron chi connectivity index (χ4n) is 3.58. The van der Waals surface area contributed by atoms with E-state index in [2.05, 4.69) is 11.0 Å². The van der Waals surface area contributed by atoms with Crippen LogP contribution >= 0.6 is 0 Å². The summed E-state index contributed by atoms with van der Waals surface area (Å²) in [6.07, 6.45) is 0.131.